The molecule has 0 atom stereocenters. The van der Waals surface area contributed by atoms with Crippen molar-refractivity contribution in [1.29, 1.82) is 0 Å². The number of benzene rings is 2. The van der Waals surface area contributed by atoms with Gasteiger partial charge in [0.15, 0.2) is 11.5 Å². The molecule has 0 radical (unpaired) electrons. The average Bonchev–Trinajstić information content (AvgIpc) is 3.47. The van der Waals surface area contributed by atoms with Gasteiger partial charge in [0.2, 0.25) is 0 Å². The number of methoxy groups -OCH3 is 1. The minimum Gasteiger partial charge on any atom is -0.384 e. The number of ether oxygens (including phenoxy) is 1. The summed E-state index contributed by atoms with van der Waals surface area (Å²) in [5.74, 6) is 0.955. The number of rotatable bonds is 8. The molecule has 8 nitrogen and oxygen atoms in total. The zero-order chi connectivity index (χ0) is 24.4. The summed E-state index contributed by atoms with van der Waals surface area (Å²) in [5, 5.41) is 4.60. The molecule has 0 saturated carbocycles. The smallest absolute Gasteiger partial charge is 0.328 e. The summed E-state index contributed by atoms with van der Waals surface area (Å²) < 4.78 is 8.63. The lowest BCUT2D eigenvalue weighted by Gasteiger charge is -2.11. The van der Waals surface area contributed by atoms with E-state index in [1.807, 2.05) is 59.4 Å². The fraction of sp³-hybridized carbons (Fsp3) is 0.259. The van der Waals surface area contributed by atoms with Crippen molar-refractivity contribution in [3.63, 3.8) is 0 Å². The maximum Gasteiger partial charge on any atom is 0.328 e. The molecule has 0 fully saturated rings. The summed E-state index contributed by atoms with van der Waals surface area (Å²) in [6.45, 7) is 5.34. The van der Waals surface area contributed by atoms with Crippen LogP contribution in [0.2, 0.25) is 0 Å². The fourth-order valence-corrected chi connectivity index (χ4v) is 4.21. The Morgan fingerprint density at radius 3 is 2.63 bits per heavy atom. The molecule has 0 spiro atoms. The quantitative estimate of drug-likeness (QED) is 0.366. The first kappa shape index (κ1) is 22.7. The summed E-state index contributed by atoms with van der Waals surface area (Å²) >= 11 is 0. The van der Waals surface area contributed by atoms with Crippen LogP contribution in [0.25, 0.3) is 28.2 Å². The number of aromatic amines is 1. The number of nitrogens with zero attached hydrogens (tertiary/aromatic N) is 5. The van der Waals surface area contributed by atoms with Crippen molar-refractivity contribution >= 4 is 11.2 Å². The van der Waals surface area contributed by atoms with Crippen LogP contribution in [0, 0.1) is 0 Å². The monoisotopic (exact) mass is 468 g/mol. The van der Waals surface area contributed by atoms with Gasteiger partial charge in [-0.15, -0.1) is 0 Å². The summed E-state index contributed by atoms with van der Waals surface area (Å²) in [4.78, 5) is 25.0. The highest BCUT2D eigenvalue weighted by Gasteiger charge is 2.15. The molecule has 2 aromatic carbocycles. The third kappa shape index (κ3) is 4.65. The second-order valence-corrected chi connectivity index (χ2v) is 8.85. The van der Waals surface area contributed by atoms with Gasteiger partial charge >= 0.3 is 5.69 Å². The third-order valence-electron chi connectivity index (χ3n) is 6.08. The van der Waals surface area contributed by atoms with Crippen LogP contribution < -0.4 is 5.69 Å². The molecule has 178 valence electrons. The van der Waals surface area contributed by atoms with Crippen LogP contribution in [-0.4, -0.2) is 43.0 Å². The summed E-state index contributed by atoms with van der Waals surface area (Å²) in [5.41, 5.74) is 6.10. The number of hydrogen-bond donors (Lipinski definition) is 1. The zero-order valence-corrected chi connectivity index (χ0v) is 20.1. The molecule has 35 heavy (non-hydrogen) atoms. The van der Waals surface area contributed by atoms with E-state index in [4.69, 9.17) is 9.72 Å². The van der Waals surface area contributed by atoms with Crippen LogP contribution in [0.5, 0.6) is 0 Å². The van der Waals surface area contributed by atoms with Crippen molar-refractivity contribution in [3.05, 3.63) is 94.3 Å². The van der Waals surface area contributed by atoms with E-state index in [9.17, 15) is 4.79 Å². The Labute approximate surface area is 203 Å². The Bertz CT molecular complexity index is 1510. The van der Waals surface area contributed by atoms with Gasteiger partial charge in [0, 0.05) is 25.3 Å². The van der Waals surface area contributed by atoms with Crippen LogP contribution in [-0.2, 0) is 17.7 Å². The first-order valence-corrected chi connectivity index (χ1v) is 11.7. The average molecular weight is 469 g/mol. The number of nitrogens with one attached hydrogen (secondary N) is 1. The molecule has 3 heterocycles. The number of fused-ring (bicyclic) bond motifs is 1. The van der Waals surface area contributed by atoms with Crippen LogP contribution in [0.15, 0.2) is 71.8 Å². The predicted molar refractivity (Wildman–Crippen MR) is 136 cm³/mol. The van der Waals surface area contributed by atoms with Gasteiger partial charge in [-0.25, -0.2) is 19.4 Å². The van der Waals surface area contributed by atoms with Crippen LogP contribution >= 0.6 is 0 Å². The first-order valence-electron chi connectivity index (χ1n) is 11.7. The number of H-pyrrole nitrogens is 1. The maximum atomic E-state index is 12.8. The summed E-state index contributed by atoms with van der Waals surface area (Å²) in [6, 6.07) is 18.1. The van der Waals surface area contributed by atoms with Crippen LogP contribution in [0.4, 0.5) is 0 Å². The van der Waals surface area contributed by atoms with Crippen molar-refractivity contribution in [2.24, 2.45) is 0 Å². The molecular weight excluding hydrogens is 440 g/mol. The van der Waals surface area contributed by atoms with Gasteiger partial charge in [-0.2, -0.15) is 5.10 Å². The fourth-order valence-electron chi connectivity index (χ4n) is 4.21. The molecule has 0 aliphatic rings. The number of hydrogen-bond acceptors (Lipinski definition) is 5. The molecular formula is C27H28N6O2. The third-order valence-corrected chi connectivity index (χ3v) is 6.08. The van der Waals surface area contributed by atoms with E-state index in [-0.39, 0.29) is 5.69 Å². The molecule has 0 bridgehead atoms. The van der Waals surface area contributed by atoms with Gasteiger partial charge in [0.1, 0.15) is 5.52 Å². The van der Waals surface area contributed by atoms with E-state index in [2.05, 4.69) is 35.0 Å². The Hall–Kier alpha value is -4.04. The van der Waals surface area contributed by atoms with E-state index in [1.165, 1.54) is 5.56 Å². The number of imidazole rings is 1. The first-order chi connectivity index (χ1) is 17.0. The minimum absolute atomic E-state index is 0.206. The van der Waals surface area contributed by atoms with E-state index in [1.54, 1.807) is 17.9 Å². The van der Waals surface area contributed by atoms with Crippen molar-refractivity contribution in [2.75, 3.05) is 13.7 Å². The molecule has 0 unspecified atom stereocenters. The molecule has 5 aromatic rings. The van der Waals surface area contributed by atoms with Crippen molar-refractivity contribution < 1.29 is 4.74 Å². The highest BCUT2D eigenvalue weighted by atomic mass is 16.5. The Kier molecular flexibility index (Phi) is 6.29. The molecule has 0 amide bonds. The molecule has 0 aliphatic heterocycles. The summed E-state index contributed by atoms with van der Waals surface area (Å²) in [7, 11) is 1.69. The normalized spacial score (nSPS) is 11.5. The van der Waals surface area contributed by atoms with E-state index >= 15 is 0 Å². The van der Waals surface area contributed by atoms with Crippen molar-refractivity contribution in [2.45, 2.75) is 32.7 Å². The number of aromatic nitrogens is 6. The van der Waals surface area contributed by atoms with E-state index < -0.39 is 0 Å². The van der Waals surface area contributed by atoms with Gasteiger partial charge in [-0.1, -0.05) is 50.2 Å². The molecule has 3 aromatic heterocycles. The van der Waals surface area contributed by atoms with Gasteiger partial charge < -0.3 is 9.72 Å². The lowest BCUT2D eigenvalue weighted by atomic mass is 9.97. The highest BCUT2D eigenvalue weighted by molar-refractivity contribution is 5.73. The maximum absolute atomic E-state index is 12.8. The van der Waals surface area contributed by atoms with Gasteiger partial charge in [-0.05, 0) is 35.2 Å². The SMILES string of the molecule is COCCc1ccn(-c2ccc(Cn3c(=O)[nH]c4cnc(-c5ccccc5C(C)C)nc43)cc2)n1. The standard InChI is InChI=1S/C27H28N6O2/c1-18(2)22-6-4-5-7-23(22)25-28-16-24-26(30-25)32(27(34)29-24)17-19-8-10-21(11-9-19)33-14-12-20(31-33)13-15-35-3/h4-12,14,16,18H,13,15,17H2,1-3H3,(H,29,34). The van der Waals surface area contributed by atoms with Gasteiger partial charge in [-0.3, -0.25) is 4.57 Å². The lowest BCUT2D eigenvalue weighted by molar-refractivity contribution is 0.201. The van der Waals surface area contributed by atoms with Crippen molar-refractivity contribution in [3.8, 4) is 17.1 Å². The molecule has 8 heteroatoms. The van der Waals surface area contributed by atoms with Crippen LogP contribution in [0.3, 0.4) is 0 Å². The molecule has 1 N–H and O–H groups in total. The highest BCUT2D eigenvalue weighted by Crippen LogP contribution is 2.27. The molecule has 0 aliphatic carbocycles. The molecule has 5 rings (SSSR count). The lowest BCUT2D eigenvalue weighted by Crippen LogP contribution is -2.17. The Morgan fingerprint density at radius 1 is 1.06 bits per heavy atom. The Morgan fingerprint density at radius 2 is 1.86 bits per heavy atom. The topological polar surface area (TPSA) is 90.6 Å². The zero-order valence-electron chi connectivity index (χ0n) is 20.1. The molecule has 0 saturated heterocycles. The van der Waals surface area contributed by atoms with E-state index in [0.717, 1.165) is 28.9 Å². The second-order valence-electron chi connectivity index (χ2n) is 8.85. The van der Waals surface area contributed by atoms with Gasteiger partial charge in [0.25, 0.3) is 0 Å². The summed E-state index contributed by atoms with van der Waals surface area (Å²) in [6.07, 6.45) is 4.41. The van der Waals surface area contributed by atoms with Gasteiger partial charge in [0.05, 0.1) is 30.7 Å². The second kappa shape index (κ2) is 9.68. The largest absolute Gasteiger partial charge is 0.384 e. The van der Waals surface area contributed by atoms with Crippen molar-refractivity contribution in [1.82, 2.24) is 29.3 Å². The predicted octanol–water partition coefficient (Wildman–Crippen LogP) is 4.33. The Balaban J connectivity index is 1.43. The van der Waals surface area contributed by atoms with Crippen LogP contribution in [0.1, 0.15) is 36.6 Å². The minimum atomic E-state index is -0.206. The van der Waals surface area contributed by atoms with E-state index in [0.29, 0.717) is 36.1 Å².